The van der Waals surface area contributed by atoms with E-state index >= 15 is 0 Å². The lowest BCUT2D eigenvalue weighted by molar-refractivity contribution is -0.138. The fourth-order valence-electron chi connectivity index (χ4n) is 3.12. The van der Waals surface area contributed by atoms with E-state index < -0.39 is 5.97 Å². The van der Waals surface area contributed by atoms with Crippen molar-refractivity contribution in [3.8, 4) is 11.3 Å². The van der Waals surface area contributed by atoms with Gasteiger partial charge < -0.3 is 14.3 Å². The van der Waals surface area contributed by atoms with E-state index in [1.165, 1.54) is 11.8 Å². The van der Waals surface area contributed by atoms with Crippen molar-refractivity contribution in [2.75, 3.05) is 6.61 Å². The summed E-state index contributed by atoms with van der Waals surface area (Å²) in [5.74, 6) is 0.489. The van der Waals surface area contributed by atoms with Crippen LogP contribution in [-0.2, 0) is 9.53 Å². The molecule has 0 atom stereocenters. The van der Waals surface area contributed by atoms with Crippen LogP contribution in [0.15, 0.2) is 90.8 Å². The molecule has 1 aromatic heterocycles. The number of furan rings is 1. The Morgan fingerprint density at radius 1 is 1.19 bits per heavy atom. The molecular formula is C25H20BrNO4S. The van der Waals surface area contributed by atoms with Gasteiger partial charge in [0.25, 0.3) is 0 Å². The van der Waals surface area contributed by atoms with E-state index in [9.17, 15) is 9.90 Å². The minimum absolute atomic E-state index is 0.0577. The van der Waals surface area contributed by atoms with Crippen LogP contribution in [0, 0.1) is 6.92 Å². The van der Waals surface area contributed by atoms with E-state index in [1.54, 1.807) is 13.0 Å². The molecule has 3 aromatic rings. The highest BCUT2D eigenvalue weighted by atomic mass is 79.9. The molecule has 7 heteroatoms. The quantitative estimate of drug-likeness (QED) is 0.367. The van der Waals surface area contributed by atoms with Crippen LogP contribution in [0.4, 0.5) is 5.69 Å². The van der Waals surface area contributed by atoms with Crippen molar-refractivity contribution in [3.63, 3.8) is 0 Å². The summed E-state index contributed by atoms with van der Waals surface area (Å²) >= 11 is 4.71. The van der Waals surface area contributed by atoms with Crippen LogP contribution in [0.3, 0.4) is 0 Å². The number of hydrogen-bond acceptors (Lipinski definition) is 6. The van der Waals surface area contributed by atoms with E-state index in [1.807, 2.05) is 67.6 Å². The van der Waals surface area contributed by atoms with E-state index in [4.69, 9.17) is 9.15 Å². The summed E-state index contributed by atoms with van der Waals surface area (Å²) in [4.78, 5) is 17.5. The Hall–Kier alpha value is -3.03. The number of halogens is 1. The number of esters is 1. The lowest BCUT2D eigenvalue weighted by Crippen LogP contribution is -2.12. The summed E-state index contributed by atoms with van der Waals surface area (Å²) in [6.07, 6.45) is 1.70. The van der Waals surface area contributed by atoms with E-state index in [0.717, 1.165) is 15.6 Å². The molecule has 0 saturated heterocycles. The fraction of sp³-hybridized carbons (Fsp3) is 0.120. The van der Waals surface area contributed by atoms with E-state index in [-0.39, 0.29) is 17.9 Å². The van der Waals surface area contributed by atoms with Gasteiger partial charge in [-0.15, -0.1) is 0 Å². The van der Waals surface area contributed by atoms with Gasteiger partial charge in [-0.1, -0.05) is 52.0 Å². The molecule has 0 aliphatic carbocycles. The van der Waals surface area contributed by atoms with Gasteiger partial charge in [0.05, 0.1) is 17.2 Å². The molecule has 4 rings (SSSR count). The minimum Gasteiger partial charge on any atom is -0.506 e. The molecule has 1 aliphatic heterocycles. The Morgan fingerprint density at radius 2 is 1.97 bits per heavy atom. The number of nitrogens with zero attached hydrogens (tertiary/aromatic N) is 1. The number of hydrogen-bond donors (Lipinski definition) is 1. The van der Waals surface area contributed by atoms with Crippen molar-refractivity contribution in [2.45, 2.75) is 13.8 Å². The first-order valence-electron chi connectivity index (χ1n) is 9.97. The highest BCUT2D eigenvalue weighted by Crippen LogP contribution is 2.40. The molecule has 32 heavy (non-hydrogen) atoms. The molecule has 2 heterocycles. The molecule has 0 unspecified atom stereocenters. The second-order valence-corrected chi connectivity index (χ2v) is 8.86. The predicted octanol–water partition coefficient (Wildman–Crippen LogP) is 7.21. The Labute approximate surface area is 198 Å². The Balaban J connectivity index is 1.69. The number of thioether (sulfide) groups is 1. The molecular weight excluding hydrogens is 490 g/mol. The molecule has 1 N–H and O–H groups in total. The topological polar surface area (TPSA) is 72.0 Å². The van der Waals surface area contributed by atoms with Crippen molar-refractivity contribution in [1.82, 2.24) is 0 Å². The first-order valence-corrected chi connectivity index (χ1v) is 11.6. The second kappa shape index (κ2) is 9.63. The molecule has 0 radical (unpaired) electrons. The zero-order chi connectivity index (χ0) is 22.7. The number of rotatable bonds is 5. The molecule has 2 aromatic carbocycles. The Bertz CT molecular complexity index is 1260. The average molecular weight is 510 g/mol. The van der Waals surface area contributed by atoms with E-state index in [0.29, 0.717) is 27.2 Å². The maximum absolute atomic E-state index is 12.5. The van der Waals surface area contributed by atoms with Gasteiger partial charge in [-0.2, -0.15) is 0 Å². The summed E-state index contributed by atoms with van der Waals surface area (Å²) < 4.78 is 12.1. The van der Waals surface area contributed by atoms with Crippen LogP contribution in [-0.4, -0.2) is 22.7 Å². The largest absolute Gasteiger partial charge is 0.506 e. The molecule has 162 valence electrons. The number of carbonyl (C=O) groups is 1. The van der Waals surface area contributed by atoms with Gasteiger partial charge in [-0.3, -0.25) is 0 Å². The normalized spacial score (nSPS) is 16.2. The summed E-state index contributed by atoms with van der Waals surface area (Å²) in [6, 6.07) is 18.9. The first-order chi connectivity index (χ1) is 15.5. The molecule has 1 aliphatic rings. The van der Waals surface area contributed by atoms with Crippen molar-refractivity contribution >= 4 is 50.5 Å². The van der Waals surface area contributed by atoms with Gasteiger partial charge in [0.2, 0.25) is 0 Å². The van der Waals surface area contributed by atoms with Gasteiger partial charge in [-0.25, -0.2) is 9.79 Å². The van der Waals surface area contributed by atoms with Crippen LogP contribution >= 0.6 is 27.7 Å². The van der Waals surface area contributed by atoms with Crippen molar-refractivity contribution in [2.24, 2.45) is 4.99 Å². The lowest BCUT2D eigenvalue weighted by atomic mass is 10.1. The standard InChI is InChI=1S/C25H20BrNO4S/c1-3-30-25(29)22-23(28)21(32-24(22)27-17-7-5-4-6-8-17)14-18-10-12-20(31-18)16-9-11-19(26)15(2)13-16/h4-14,28H,3H2,1-2H3/b21-14-,27-24?. The van der Waals surface area contributed by atoms with Crippen LogP contribution < -0.4 is 0 Å². The number of benzene rings is 2. The SMILES string of the molecule is CCOC(=O)C1=C(O)/C(=C/c2ccc(-c3ccc(Br)c(C)c3)o2)SC1=Nc1ccccc1. The number of ether oxygens (including phenoxy) is 1. The number of aliphatic hydroxyl groups is 1. The smallest absolute Gasteiger partial charge is 0.344 e. The van der Waals surface area contributed by atoms with Crippen LogP contribution in [0.25, 0.3) is 17.4 Å². The fourth-order valence-corrected chi connectivity index (χ4v) is 4.39. The third kappa shape index (κ3) is 4.74. The summed E-state index contributed by atoms with van der Waals surface area (Å²) in [5, 5.41) is 11.2. The zero-order valence-electron chi connectivity index (χ0n) is 17.5. The van der Waals surface area contributed by atoms with Gasteiger partial charge in [-0.05, 0) is 61.9 Å². The highest BCUT2D eigenvalue weighted by Gasteiger charge is 2.33. The monoisotopic (exact) mass is 509 g/mol. The van der Waals surface area contributed by atoms with Crippen molar-refractivity contribution in [3.05, 3.63) is 92.7 Å². The number of para-hydroxylation sites is 1. The minimum atomic E-state index is -0.610. The zero-order valence-corrected chi connectivity index (χ0v) is 19.9. The maximum Gasteiger partial charge on any atom is 0.344 e. The Kier molecular flexibility index (Phi) is 6.67. The van der Waals surface area contributed by atoms with Crippen LogP contribution in [0.2, 0.25) is 0 Å². The van der Waals surface area contributed by atoms with Crippen molar-refractivity contribution in [1.29, 1.82) is 0 Å². The highest BCUT2D eigenvalue weighted by molar-refractivity contribution is 9.10. The first kappa shape index (κ1) is 22.2. The van der Waals surface area contributed by atoms with Gasteiger partial charge in [0.1, 0.15) is 27.9 Å². The predicted molar refractivity (Wildman–Crippen MR) is 132 cm³/mol. The molecule has 0 bridgehead atoms. The molecule has 0 spiro atoms. The lowest BCUT2D eigenvalue weighted by Gasteiger charge is -2.03. The molecule has 5 nitrogen and oxygen atoms in total. The van der Waals surface area contributed by atoms with Crippen LogP contribution in [0.1, 0.15) is 18.2 Å². The third-order valence-corrected chi connectivity index (χ3v) is 6.61. The average Bonchev–Trinajstić information content (AvgIpc) is 3.36. The number of carbonyl (C=O) groups excluding carboxylic acids is 1. The Morgan fingerprint density at radius 3 is 2.69 bits per heavy atom. The number of aliphatic hydroxyl groups excluding tert-OH is 1. The van der Waals surface area contributed by atoms with Gasteiger partial charge >= 0.3 is 5.97 Å². The molecule has 0 fully saturated rings. The number of aryl methyl sites for hydroxylation is 1. The second-order valence-electron chi connectivity index (χ2n) is 6.97. The summed E-state index contributed by atoms with van der Waals surface area (Å²) in [7, 11) is 0. The molecule has 0 amide bonds. The summed E-state index contributed by atoms with van der Waals surface area (Å²) in [6.45, 7) is 3.94. The van der Waals surface area contributed by atoms with Crippen molar-refractivity contribution < 1.29 is 19.1 Å². The maximum atomic E-state index is 12.5. The van der Waals surface area contributed by atoms with Crippen LogP contribution in [0.5, 0.6) is 0 Å². The van der Waals surface area contributed by atoms with Gasteiger partial charge in [0, 0.05) is 10.0 Å². The third-order valence-electron chi connectivity index (χ3n) is 4.70. The van der Waals surface area contributed by atoms with E-state index in [2.05, 4.69) is 20.9 Å². The van der Waals surface area contributed by atoms with Gasteiger partial charge in [0.15, 0.2) is 0 Å². The molecule has 0 saturated carbocycles. The number of aliphatic imine (C=N–C) groups is 1. The summed E-state index contributed by atoms with van der Waals surface area (Å²) in [5.41, 5.74) is 2.79.